The van der Waals surface area contributed by atoms with Crippen LogP contribution in [0.3, 0.4) is 0 Å². The number of ketones is 2. The minimum absolute atomic E-state index is 0.162. The molecule has 5 nitrogen and oxygen atoms in total. The molecule has 0 bridgehead atoms. The zero-order valence-electron chi connectivity index (χ0n) is 7.39. The van der Waals surface area contributed by atoms with Crippen LogP contribution in [0.5, 0.6) is 0 Å². The lowest BCUT2D eigenvalue weighted by Crippen LogP contribution is -2.11. The highest BCUT2D eigenvalue weighted by Gasteiger charge is 2.21. The molecule has 72 valence electrons. The molecule has 0 unspecified atom stereocenters. The Bertz CT molecular complexity index is 411. The quantitative estimate of drug-likeness (QED) is 0.314. The second-order valence-corrected chi connectivity index (χ2v) is 2.66. The van der Waals surface area contributed by atoms with Crippen molar-refractivity contribution in [3.05, 3.63) is 39.9 Å². The lowest BCUT2D eigenvalue weighted by Gasteiger charge is -1.97. The molecule has 0 aromatic heterocycles. The summed E-state index contributed by atoms with van der Waals surface area (Å²) in [6, 6.07) is 5.37. The summed E-state index contributed by atoms with van der Waals surface area (Å²) < 4.78 is 0. The number of benzene rings is 1. The molecule has 0 radical (unpaired) electrons. The normalized spacial score (nSPS) is 9.50. The van der Waals surface area contributed by atoms with Gasteiger partial charge >= 0.3 is 0 Å². The zero-order chi connectivity index (χ0) is 10.7. The van der Waals surface area contributed by atoms with E-state index in [2.05, 4.69) is 0 Å². The topological polar surface area (TPSA) is 77.3 Å². The first-order chi connectivity index (χ1) is 6.54. The molecule has 0 heterocycles. The number of Topliss-reactive ketones (excluding diaryl/α,β-unsaturated/α-hetero) is 2. The van der Waals surface area contributed by atoms with Crippen molar-refractivity contribution in [3.8, 4) is 0 Å². The molecule has 1 aromatic rings. The molecule has 0 aliphatic rings. The Morgan fingerprint density at radius 3 is 2.36 bits per heavy atom. The fourth-order valence-electron chi connectivity index (χ4n) is 1.01. The Morgan fingerprint density at radius 1 is 1.29 bits per heavy atom. The average molecular weight is 193 g/mol. The second-order valence-electron chi connectivity index (χ2n) is 2.66. The van der Waals surface area contributed by atoms with Crippen LogP contribution in [-0.2, 0) is 4.79 Å². The van der Waals surface area contributed by atoms with Crippen LogP contribution in [0, 0.1) is 10.1 Å². The third-order valence-corrected chi connectivity index (χ3v) is 1.67. The van der Waals surface area contributed by atoms with Crippen molar-refractivity contribution in [3.63, 3.8) is 0 Å². The van der Waals surface area contributed by atoms with E-state index in [0.29, 0.717) is 0 Å². The van der Waals surface area contributed by atoms with Gasteiger partial charge in [-0.05, 0) is 6.07 Å². The SMILES string of the molecule is CC(=O)C(=O)c1ccccc1[N+](=O)[O-]. The van der Waals surface area contributed by atoms with Crippen molar-refractivity contribution < 1.29 is 14.5 Å². The first-order valence-electron chi connectivity index (χ1n) is 3.82. The predicted octanol–water partition coefficient (Wildman–Crippen LogP) is 1.37. The summed E-state index contributed by atoms with van der Waals surface area (Å²) in [6.45, 7) is 1.08. The van der Waals surface area contributed by atoms with Crippen molar-refractivity contribution >= 4 is 17.3 Å². The molecule has 0 spiro atoms. The molecule has 0 aliphatic carbocycles. The van der Waals surface area contributed by atoms with Crippen LogP contribution in [0.1, 0.15) is 17.3 Å². The fourth-order valence-corrected chi connectivity index (χ4v) is 1.01. The molecule has 0 N–H and O–H groups in total. The maximum absolute atomic E-state index is 11.2. The van der Waals surface area contributed by atoms with Crippen LogP contribution < -0.4 is 0 Å². The van der Waals surface area contributed by atoms with E-state index in [1.807, 2.05) is 0 Å². The Hall–Kier alpha value is -2.04. The lowest BCUT2D eigenvalue weighted by molar-refractivity contribution is -0.385. The molecular weight excluding hydrogens is 186 g/mol. The number of nitro benzene ring substituents is 1. The Labute approximate surface area is 79.5 Å². The molecule has 1 aromatic carbocycles. The maximum atomic E-state index is 11.2. The summed E-state index contributed by atoms with van der Waals surface area (Å²) in [5, 5.41) is 10.5. The number of carbonyl (C=O) groups excluding carboxylic acids is 2. The molecule has 0 atom stereocenters. The van der Waals surface area contributed by atoms with Gasteiger partial charge in [-0.3, -0.25) is 19.7 Å². The van der Waals surface area contributed by atoms with E-state index in [9.17, 15) is 19.7 Å². The number of carbonyl (C=O) groups is 2. The molecule has 5 heteroatoms. The summed E-state index contributed by atoms with van der Waals surface area (Å²) in [6.07, 6.45) is 0. The van der Waals surface area contributed by atoms with Crippen LogP contribution in [-0.4, -0.2) is 16.5 Å². The van der Waals surface area contributed by atoms with Gasteiger partial charge in [-0.25, -0.2) is 0 Å². The highest BCUT2D eigenvalue weighted by molar-refractivity contribution is 6.43. The zero-order valence-corrected chi connectivity index (χ0v) is 7.39. The molecular formula is C9H7NO4. The highest BCUT2D eigenvalue weighted by Crippen LogP contribution is 2.18. The van der Waals surface area contributed by atoms with Crippen molar-refractivity contribution in [2.45, 2.75) is 6.92 Å². The van der Waals surface area contributed by atoms with Crippen LogP contribution >= 0.6 is 0 Å². The number of hydrogen-bond donors (Lipinski definition) is 0. The summed E-state index contributed by atoms with van der Waals surface area (Å²) in [5.41, 5.74) is -0.502. The first kappa shape index (κ1) is 10.0. The van der Waals surface area contributed by atoms with Crippen LogP contribution in [0.2, 0.25) is 0 Å². The van der Waals surface area contributed by atoms with Gasteiger partial charge in [0.1, 0.15) is 5.56 Å². The van der Waals surface area contributed by atoms with E-state index in [4.69, 9.17) is 0 Å². The van der Waals surface area contributed by atoms with Gasteiger partial charge in [-0.15, -0.1) is 0 Å². The smallest absolute Gasteiger partial charge is 0.280 e. The highest BCUT2D eigenvalue weighted by atomic mass is 16.6. The molecule has 0 saturated carbocycles. The number of nitrogens with zero attached hydrogens (tertiary/aromatic N) is 1. The van der Waals surface area contributed by atoms with Crippen molar-refractivity contribution in [1.29, 1.82) is 0 Å². The van der Waals surface area contributed by atoms with E-state index in [1.165, 1.54) is 24.3 Å². The second kappa shape index (κ2) is 3.78. The summed E-state index contributed by atoms with van der Waals surface area (Å²) in [4.78, 5) is 31.8. The molecule has 1 rings (SSSR count). The van der Waals surface area contributed by atoms with Crippen LogP contribution in [0.25, 0.3) is 0 Å². The maximum Gasteiger partial charge on any atom is 0.280 e. The number of hydrogen-bond acceptors (Lipinski definition) is 4. The molecule has 0 saturated heterocycles. The fraction of sp³-hybridized carbons (Fsp3) is 0.111. The van der Waals surface area contributed by atoms with E-state index in [-0.39, 0.29) is 11.3 Å². The lowest BCUT2D eigenvalue weighted by atomic mass is 10.1. The van der Waals surface area contributed by atoms with Gasteiger partial charge in [-0.1, -0.05) is 12.1 Å². The minimum Gasteiger partial charge on any atom is -0.291 e. The van der Waals surface area contributed by atoms with Gasteiger partial charge < -0.3 is 0 Å². The minimum atomic E-state index is -0.836. The third kappa shape index (κ3) is 1.82. The van der Waals surface area contributed by atoms with Crippen LogP contribution in [0.4, 0.5) is 5.69 Å². The number of nitro groups is 1. The van der Waals surface area contributed by atoms with Crippen molar-refractivity contribution in [2.75, 3.05) is 0 Å². The molecule has 0 aliphatic heterocycles. The first-order valence-corrected chi connectivity index (χ1v) is 3.82. The average Bonchev–Trinajstić information content (AvgIpc) is 2.16. The predicted molar refractivity (Wildman–Crippen MR) is 48.1 cm³/mol. The van der Waals surface area contributed by atoms with Crippen LogP contribution in [0.15, 0.2) is 24.3 Å². The van der Waals surface area contributed by atoms with Gasteiger partial charge in [0.05, 0.1) is 4.92 Å². The van der Waals surface area contributed by atoms with Gasteiger partial charge in [0.15, 0.2) is 0 Å². The van der Waals surface area contributed by atoms with E-state index in [0.717, 1.165) is 6.92 Å². The molecule has 0 amide bonds. The summed E-state index contributed by atoms with van der Waals surface area (Å²) in [7, 11) is 0. The summed E-state index contributed by atoms with van der Waals surface area (Å²) >= 11 is 0. The summed E-state index contributed by atoms with van der Waals surface area (Å²) in [5.74, 6) is -1.54. The van der Waals surface area contributed by atoms with Crippen molar-refractivity contribution in [2.24, 2.45) is 0 Å². The number of para-hydroxylation sites is 1. The molecule has 14 heavy (non-hydrogen) atoms. The van der Waals surface area contributed by atoms with E-state index in [1.54, 1.807) is 0 Å². The Morgan fingerprint density at radius 2 is 1.86 bits per heavy atom. The monoisotopic (exact) mass is 193 g/mol. The largest absolute Gasteiger partial charge is 0.291 e. The van der Waals surface area contributed by atoms with Crippen molar-refractivity contribution in [1.82, 2.24) is 0 Å². The Kier molecular flexibility index (Phi) is 2.71. The van der Waals surface area contributed by atoms with Gasteiger partial charge in [0, 0.05) is 13.0 Å². The van der Waals surface area contributed by atoms with Gasteiger partial charge in [-0.2, -0.15) is 0 Å². The third-order valence-electron chi connectivity index (χ3n) is 1.67. The van der Waals surface area contributed by atoms with Gasteiger partial charge in [0.25, 0.3) is 5.69 Å². The van der Waals surface area contributed by atoms with Gasteiger partial charge in [0.2, 0.25) is 11.6 Å². The Balaban J connectivity index is 3.27. The van der Waals surface area contributed by atoms with E-state index >= 15 is 0 Å². The standard InChI is InChI=1S/C9H7NO4/c1-6(11)9(12)7-4-2-3-5-8(7)10(13)14/h2-5H,1H3. The molecule has 0 fully saturated rings. The number of rotatable bonds is 3. The van der Waals surface area contributed by atoms with E-state index < -0.39 is 16.5 Å².